The molecule has 1 atom stereocenters. The zero-order chi connectivity index (χ0) is 17.5. The lowest BCUT2D eigenvalue weighted by Crippen LogP contribution is -2.36. The minimum Gasteiger partial charge on any atom is -0.449 e. The van der Waals surface area contributed by atoms with Gasteiger partial charge in [-0.25, -0.2) is 4.79 Å². The molecule has 1 amide bonds. The molecule has 0 aliphatic carbocycles. The maximum Gasteiger partial charge on any atom is 0.340 e. The third kappa shape index (κ3) is 5.25. The van der Waals surface area contributed by atoms with Crippen molar-refractivity contribution in [2.45, 2.75) is 19.4 Å². The van der Waals surface area contributed by atoms with Crippen LogP contribution in [0.2, 0.25) is 10.0 Å². The van der Waals surface area contributed by atoms with Gasteiger partial charge in [0.05, 0.1) is 10.6 Å². The molecule has 6 heteroatoms. The van der Waals surface area contributed by atoms with E-state index in [1.165, 1.54) is 25.1 Å². The van der Waals surface area contributed by atoms with E-state index in [2.05, 4.69) is 5.32 Å². The highest BCUT2D eigenvalue weighted by Crippen LogP contribution is 2.22. The number of amides is 1. The highest BCUT2D eigenvalue weighted by molar-refractivity contribution is 6.36. The fraction of sp³-hybridized carbons (Fsp3) is 0.222. The van der Waals surface area contributed by atoms with Gasteiger partial charge in [0.15, 0.2) is 6.10 Å². The van der Waals surface area contributed by atoms with Gasteiger partial charge in [-0.3, -0.25) is 4.79 Å². The SMILES string of the molecule is C[C@@H](OC(=O)c1ccc(Cl)cc1Cl)C(=O)NCCc1ccccc1. The fourth-order valence-corrected chi connectivity index (χ4v) is 2.54. The molecule has 0 unspecified atom stereocenters. The Labute approximate surface area is 150 Å². The molecule has 2 rings (SSSR count). The van der Waals surface area contributed by atoms with E-state index >= 15 is 0 Å². The third-order valence-electron chi connectivity index (χ3n) is 3.36. The second kappa shape index (κ2) is 8.71. The molecule has 2 aromatic rings. The molecule has 0 aliphatic rings. The summed E-state index contributed by atoms with van der Waals surface area (Å²) in [6, 6.07) is 14.2. The molecule has 0 saturated carbocycles. The maximum absolute atomic E-state index is 12.1. The van der Waals surface area contributed by atoms with Gasteiger partial charge in [0.2, 0.25) is 0 Å². The van der Waals surface area contributed by atoms with Crippen LogP contribution >= 0.6 is 23.2 Å². The zero-order valence-corrected chi connectivity index (χ0v) is 14.6. The van der Waals surface area contributed by atoms with Crippen molar-refractivity contribution in [1.29, 1.82) is 0 Å². The first kappa shape index (κ1) is 18.3. The fourth-order valence-electron chi connectivity index (χ4n) is 2.05. The second-order valence-electron chi connectivity index (χ2n) is 5.20. The smallest absolute Gasteiger partial charge is 0.340 e. The molecular weight excluding hydrogens is 349 g/mol. The molecule has 1 N–H and O–H groups in total. The van der Waals surface area contributed by atoms with E-state index in [0.717, 1.165) is 5.56 Å². The minimum absolute atomic E-state index is 0.171. The summed E-state index contributed by atoms with van der Waals surface area (Å²) in [4.78, 5) is 24.1. The summed E-state index contributed by atoms with van der Waals surface area (Å²) in [5.74, 6) is -1.02. The van der Waals surface area contributed by atoms with Gasteiger partial charge in [0.25, 0.3) is 5.91 Å². The molecule has 0 spiro atoms. The summed E-state index contributed by atoms with van der Waals surface area (Å²) in [7, 11) is 0. The van der Waals surface area contributed by atoms with E-state index in [9.17, 15) is 9.59 Å². The van der Waals surface area contributed by atoms with Crippen molar-refractivity contribution in [2.75, 3.05) is 6.54 Å². The van der Waals surface area contributed by atoms with Crippen LogP contribution in [0.5, 0.6) is 0 Å². The Kier molecular flexibility index (Phi) is 6.64. The first-order valence-corrected chi connectivity index (χ1v) is 8.20. The Morgan fingerprint density at radius 2 is 1.83 bits per heavy atom. The highest BCUT2D eigenvalue weighted by atomic mass is 35.5. The first-order chi connectivity index (χ1) is 11.5. The number of halogens is 2. The summed E-state index contributed by atoms with van der Waals surface area (Å²) in [5.41, 5.74) is 1.29. The normalized spacial score (nSPS) is 11.6. The van der Waals surface area contributed by atoms with Crippen molar-refractivity contribution in [2.24, 2.45) is 0 Å². The van der Waals surface area contributed by atoms with E-state index in [-0.39, 0.29) is 16.5 Å². The number of hydrogen-bond donors (Lipinski definition) is 1. The molecular formula is C18H17Cl2NO3. The molecule has 0 bridgehead atoms. The number of nitrogens with one attached hydrogen (secondary N) is 1. The van der Waals surface area contributed by atoms with Crippen molar-refractivity contribution >= 4 is 35.1 Å². The minimum atomic E-state index is -0.917. The second-order valence-corrected chi connectivity index (χ2v) is 6.04. The van der Waals surface area contributed by atoms with Crippen LogP contribution in [0.1, 0.15) is 22.8 Å². The summed E-state index contributed by atoms with van der Waals surface area (Å²) in [5, 5.41) is 3.35. The molecule has 0 aliphatic heterocycles. The summed E-state index contributed by atoms with van der Waals surface area (Å²) in [6.07, 6.45) is -0.212. The molecule has 24 heavy (non-hydrogen) atoms. The number of carbonyl (C=O) groups excluding carboxylic acids is 2. The third-order valence-corrected chi connectivity index (χ3v) is 3.91. The van der Waals surface area contributed by atoms with Crippen molar-refractivity contribution in [3.05, 3.63) is 69.7 Å². The van der Waals surface area contributed by atoms with Crippen LogP contribution < -0.4 is 5.32 Å². The lowest BCUT2D eigenvalue weighted by Gasteiger charge is -2.14. The molecule has 0 radical (unpaired) electrons. The van der Waals surface area contributed by atoms with Gasteiger partial charge in [-0.15, -0.1) is 0 Å². The van der Waals surface area contributed by atoms with Gasteiger partial charge in [-0.2, -0.15) is 0 Å². The van der Waals surface area contributed by atoms with Crippen LogP contribution in [0.4, 0.5) is 0 Å². The van der Waals surface area contributed by atoms with Gasteiger partial charge < -0.3 is 10.1 Å². The number of rotatable bonds is 6. The Morgan fingerprint density at radius 3 is 2.50 bits per heavy atom. The van der Waals surface area contributed by atoms with Gasteiger partial charge in [0.1, 0.15) is 0 Å². The topological polar surface area (TPSA) is 55.4 Å². The molecule has 2 aromatic carbocycles. The highest BCUT2D eigenvalue weighted by Gasteiger charge is 2.20. The van der Waals surface area contributed by atoms with Gasteiger partial charge >= 0.3 is 5.97 Å². The van der Waals surface area contributed by atoms with Crippen LogP contribution in [-0.2, 0) is 16.0 Å². The molecule has 0 aromatic heterocycles. The largest absolute Gasteiger partial charge is 0.449 e. The number of carbonyl (C=O) groups is 2. The van der Waals surface area contributed by atoms with E-state index in [1.54, 1.807) is 0 Å². The Morgan fingerprint density at radius 1 is 1.12 bits per heavy atom. The van der Waals surface area contributed by atoms with Crippen molar-refractivity contribution in [1.82, 2.24) is 5.32 Å². The average molecular weight is 366 g/mol. The molecule has 126 valence electrons. The number of benzene rings is 2. The van der Waals surface area contributed by atoms with Crippen LogP contribution in [0.3, 0.4) is 0 Å². The van der Waals surface area contributed by atoms with Crippen LogP contribution in [0.25, 0.3) is 0 Å². The predicted octanol–water partition coefficient (Wildman–Crippen LogP) is 3.90. The van der Waals surface area contributed by atoms with E-state index < -0.39 is 12.1 Å². The molecule has 4 nitrogen and oxygen atoms in total. The van der Waals surface area contributed by atoms with Gasteiger partial charge in [-0.05, 0) is 37.1 Å². The number of hydrogen-bond acceptors (Lipinski definition) is 3. The molecule has 0 saturated heterocycles. The predicted molar refractivity (Wildman–Crippen MR) is 94.5 cm³/mol. The molecule has 0 heterocycles. The number of ether oxygens (including phenoxy) is 1. The summed E-state index contributed by atoms with van der Waals surface area (Å²) < 4.78 is 5.14. The monoisotopic (exact) mass is 365 g/mol. The van der Waals surface area contributed by atoms with Gasteiger partial charge in [0, 0.05) is 11.6 Å². The van der Waals surface area contributed by atoms with Crippen molar-refractivity contribution < 1.29 is 14.3 Å². The van der Waals surface area contributed by atoms with Crippen molar-refractivity contribution in [3.63, 3.8) is 0 Å². The number of esters is 1. The first-order valence-electron chi connectivity index (χ1n) is 7.45. The van der Waals surface area contributed by atoms with Crippen LogP contribution in [-0.4, -0.2) is 24.5 Å². The summed E-state index contributed by atoms with van der Waals surface area (Å²) in [6.45, 7) is 1.98. The van der Waals surface area contributed by atoms with E-state index in [4.69, 9.17) is 27.9 Å². The molecule has 0 fully saturated rings. The van der Waals surface area contributed by atoms with E-state index in [1.807, 2.05) is 30.3 Å². The summed E-state index contributed by atoms with van der Waals surface area (Å²) >= 11 is 11.7. The van der Waals surface area contributed by atoms with E-state index in [0.29, 0.717) is 18.0 Å². The zero-order valence-electron chi connectivity index (χ0n) is 13.1. The van der Waals surface area contributed by atoms with Crippen LogP contribution in [0.15, 0.2) is 48.5 Å². The standard InChI is InChI=1S/C18H17Cl2NO3/c1-12(17(22)21-10-9-13-5-3-2-4-6-13)24-18(23)15-8-7-14(19)11-16(15)20/h2-8,11-12H,9-10H2,1H3,(H,21,22)/t12-/m1/s1. The lowest BCUT2D eigenvalue weighted by molar-refractivity contribution is -0.129. The lowest BCUT2D eigenvalue weighted by atomic mass is 10.1. The Hall–Kier alpha value is -2.04. The van der Waals surface area contributed by atoms with Crippen molar-refractivity contribution in [3.8, 4) is 0 Å². The maximum atomic E-state index is 12.1. The van der Waals surface area contributed by atoms with Crippen LogP contribution in [0, 0.1) is 0 Å². The average Bonchev–Trinajstić information content (AvgIpc) is 2.55. The quantitative estimate of drug-likeness (QED) is 0.789. The Bertz CT molecular complexity index is 719. The Balaban J connectivity index is 1.83. The van der Waals surface area contributed by atoms with Gasteiger partial charge in [-0.1, -0.05) is 53.5 Å².